The quantitative estimate of drug-likeness (QED) is 0.325. The fourth-order valence-corrected chi connectivity index (χ4v) is 7.37. The fraction of sp³-hybridized carbons (Fsp3) is 0.433. The van der Waals surface area contributed by atoms with Crippen LogP contribution < -0.4 is 0 Å². The third-order valence-corrected chi connectivity index (χ3v) is 9.16. The average molecular weight is 641 g/mol. The maximum atomic E-state index is 16.4. The minimum Gasteiger partial charge on any atom is -0.299 e. The molecular weight excluding hydrogens is 624 g/mol. The van der Waals surface area contributed by atoms with E-state index in [2.05, 4.69) is 0 Å². The first-order valence-electron chi connectivity index (χ1n) is 13.3. The van der Waals surface area contributed by atoms with Gasteiger partial charge in [0.2, 0.25) is 0 Å². The largest absolute Gasteiger partial charge is 0.417 e. The lowest BCUT2D eigenvalue weighted by Crippen LogP contribution is -2.44. The molecule has 0 saturated heterocycles. The molecule has 5 rings (SSSR count). The summed E-state index contributed by atoms with van der Waals surface area (Å²) in [5, 5.41) is 29.0. The van der Waals surface area contributed by atoms with Crippen LogP contribution >= 0.6 is 0 Å². The number of nitrogens with zero attached hydrogens (tertiary/aromatic N) is 3. The van der Waals surface area contributed by atoms with Crippen molar-refractivity contribution in [2.45, 2.75) is 43.0 Å². The van der Waals surface area contributed by atoms with Gasteiger partial charge in [0.05, 0.1) is 64.1 Å². The van der Waals surface area contributed by atoms with Crippen molar-refractivity contribution in [2.75, 3.05) is 0 Å². The van der Waals surface area contributed by atoms with Gasteiger partial charge in [-0.3, -0.25) is 9.59 Å². The predicted molar refractivity (Wildman–Crippen MR) is 130 cm³/mol. The molecule has 9 unspecified atom stereocenters. The van der Waals surface area contributed by atoms with Gasteiger partial charge in [-0.05, 0) is 47.9 Å². The zero-order valence-corrected chi connectivity index (χ0v) is 22.3. The molecule has 3 aliphatic rings. The molecule has 5 nitrogen and oxygen atoms in total. The van der Waals surface area contributed by atoms with E-state index in [1.54, 1.807) is 12.1 Å². The van der Waals surface area contributed by atoms with E-state index in [1.165, 1.54) is 6.07 Å². The number of halogens is 10. The molecular formula is C30H17F10N3O2. The van der Waals surface area contributed by atoms with Crippen LogP contribution in [-0.4, -0.2) is 17.7 Å². The molecule has 234 valence electrons. The van der Waals surface area contributed by atoms with Crippen molar-refractivity contribution >= 4 is 11.6 Å². The van der Waals surface area contributed by atoms with Crippen LogP contribution in [0.5, 0.6) is 0 Å². The molecule has 15 heteroatoms. The molecule has 0 aromatic heterocycles. The van der Waals surface area contributed by atoms with Crippen LogP contribution in [0.15, 0.2) is 36.4 Å². The zero-order valence-electron chi connectivity index (χ0n) is 22.3. The third-order valence-electron chi connectivity index (χ3n) is 9.16. The topological polar surface area (TPSA) is 106 Å². The lowest BCUT2D eigenvalue weighted by atomic mass is 9.65. The van der Waals surface area contributed by atoms with Crippen LogP contribution in [0.4, 0.5) is 43.9 Å². The van der Waals surface area contributed by atoms with Gasteiger partial charge in [-0.15, -0.1) is 0 Å². The second-order valence-electron chi connectivity index (χ2n) is 11.4. The number of hydrogen-bond acceptors (Lipinski definition) is 5. The Kier molecular flexibility index (Phi) is 7.51. The van der Waals surface area contributed by atoms with Crippen LogP contribution in [0.1, 0.15) is 51.6 Å². The molecule has 2 aromatic carbocycles. The Morgan fingerprint density at radius 3 is 1.51 bits per heavy atom. The van der Waals surface area contributed by atoms with Crippen LogP contribution in [0.25, 0.3) is 0 Å². The lowest BCUT2D eigenvalue weighted by Gasteiger charge is -2.38. The molecule has 0 N–H and O–H groups in total. The van der Waals surface area contributed by atoms with Crippen molar-refractivity contribution in [1.29, 1.82) is 15.8 Å². The highest BCUT2D eigenvalue weighted by Crippen LogP contribution is 2.61. The van der Waals surface area contributed by atoms with Gasteiger partial charge in [0, 0.05) is 23.7 Å². The molecule has 2 aromatic rings. The Balaban J connectivity index is 1.56. The summed E-state index contributed by atoms with van der Waals surface area (Å²) in [7, 11) is 0. The summed E-state index contributed by atoms with van der Waals surface area (Å²) in [6.45, 7) is 0. The highest BCUT2D eigenvalue weighted by molar-refractivity contribution is 5.95. The molecule has 0 spiro atoms. The van der Waals surface area contributed by atoms with Crippen molar-refractivity contribution in [1.82, 2.24) is 0 Å². The maximum Gasteiger partial charge on any atom is 0.417 e. The fourth-order valence-electron chi connectivity index (χ4n) is 7.37. The number of benzene rings is 2. The first-order valence-corrected chi connectivity index (χ1v) is 13.3. The molecule has 0 bridgehead atoms. The van der Waals surface area contributed by atoms with Gasteiger partial charge in [-0.1, -0.05) is 6.07 Å². The minimum atomic E-state index is -5.27. The molecule has 3 aliphatic carbocycles. The molecule has 3 fully saturated rings. The van der Waals surface area contributed by atoms with E-state index in [-0.39, 0.29) is 23.8 Å². The number of alkyl halides is 10. The van der Waals surface area contributed by atoms with Crippen molar-refractivity contribution in [3.63, 3.8) is 0 Å². The lowest BCUT2D eigenvalue weighted by molar-refractivity contribution is -0.143. The van der Waals surface area contributed by atoms with Crippen LogP contribution in [-0.2, 0) is 28.1 Å². The summed E-state index contributed by atoms with van der Waals surface area (Å²) >= 11 is 0. The van der Waals surface area contributed by atoms with Crippen molar-refractivity contribution in [2.24, 2.45) is 35.5 Å². The number of ketones is 2. The van der Waals surface area contributed by atoms with Crippen molar-refractivity contribution in [3.05, 3.63) is 69.8 Å². The van der Waals surface area contributed by atoms with Crippen molar-refractivity contribution in [3.8, 4) is 18.2 Å². The van der Waals surface area contributed by atoms with Crippen LogP contribution in [0.3, 0.4) is 0 Å². The summed E-state index contributed by atoms with van der Waals surface area (Å²) in [5.74, 6) is -14.9. The Labute approximate surface area is 247 Å². The molecule has 0 amide bonds. The Morgan fingerprint density at radius 2 is 1.11 bits per heavy atom. The highest BCUT2D eigenvalue weighted by Gasteiger charge is 2.66. The van der Waals surface area contributed by atoms with E-state index in [9.17, 15) is 59.6 Å². The van der Waals surface area contributed by atoms with Gasteiger partial charge in [-0.25, -0.2) is 4.39 Å². The predicted octanol–water partition coefficient (Wildman–Crippen LogP) is 7.13. The second kappa shape index (κ2) is 10.6. The van der Waals surface area contributed by atoms with E-state index >= 15 is 4.39 Å². The third kappa shape index (κ3) is 5.10. The van der Waals surface area contributed by atoms with E-state index < -0.39 is 118 Å². The van der Waals surface area contributed by atoms with E-state index in [0.29, 0.717) is 6.07 Å². The summed E-state index contributed by atoms with van der Waals surface area (Å²) in [5.41, 5.74) is -6.78. The number of Topliss-reactive ketones (excluding diaryl/α,β-unsaturated/α-hetero) is 2. The zero-order chi connectivity index (χ0) is 33.4. The first kappa shape index (κ1) is 32.0. The second-order valence-corrected chi connectivity index (χ2v) is 11.4. The summed E-state index contributed by atoms with van der Waals surface area (Å²) in [6, 6.07) is 7.52. The average Bonchev–Trinajstić information content (AvgIpc) is 3.41. The van der Waals surface area contributed by atoms with Crippen LogP contribution in [0, 0.1) is 69.5 Å². The van der Waals surface area contributed by atoms with Gasteiger partial charge in [0.25, 0.3) is 0 Å². The highest BCUT2D eigenvalue weighted by atomic mass is 19.4. The molecule has 0 aliphatic heterocycles. The first-order chi connectivity index (χ1) is 20.8. The molecule has 0 heterocycles. The van der Waals surface area contributed by atoms with E-state index in [4.69, 9.17) is 5.26 Å². The smallest absolute Gasteiger partial charge is 0.299 e. The standard InChI is InChI=1S/C30H17F10N3O2/c31-25-23-16(26(44)21(18(23)9-42)11-1-2-12(8-41)20(5-11)30(38,39)40)7-17-24(25)19(10-43)22(27(17)45)13-3-14(28(32,33)34)6-15(4-13)29(35,36)37/h1-6,16-19,21-25H,7H2. The maximum absolute atomic E-state index is 16.4. The van der Waals surface area contributed by atoms with Crippen LogP contribution in [0.2, 0.25) is 0 Å². The number of nitriles is 3. The van der Waals surface area contributed by atoms with E-state index in [1.807, 2.05) is 0 Å². The normalized spacial score (nSPS) is 31.5. The molecule has 45 heavy (non-hydrogen) atoms. The molecule has 0 radical (unpaired) electrons. The van der Waals surface area contributed by atoms with Crippen molar-refractivity contribution < 1.29 is 53.5 Å². The van der Waals surface area contributed by atoms with Gasteiger partial charge >= 0.3 is 18.5 Å². The monoisotopic (exact) mass is 641 g/mol. The van der Waals surface area contributed by atoms with Gasteiger partial charge in [0.15, 0.2) is 0 Å². The van der Waals surface area contributed by atoms with Gasteiger partial charge in [0.1, 0.15) is 17.7 Å². The minimum absolute atomic E-state index is 0.163. The summed E-state index contributed by atoms with van der Waals surface area (Å²) < 4.78 is 138. The molecule has 9 atom stereocenters. The number of hydrogen-bond donors (Lipinski definition) is 0. The summed E-state index contributed by atoms with van der Waals surface area (Å²) in [4.78, 5) is 27.2. The Bertz CT molecular complexity index is 1680. The summed E-state index contributed by atoms with van der Waals surface area (Å²) in [6.07, 6.45) is -18.4. The van der Waals surface area contributed by atoms with E-state index in [0.717, 1.165) is 12.1 Å². The Morgan fingerprint density at radius 1 is 0.644 bits per heavy atom. The molecule has 3 saturated carbocycles. The Hall–Kier alpha value is -4.45. The van der Waals surface area contributed by atoms with Gasteiger partial charge < -0.3 is 0 Å². The SMILES string of the molecule is N#Cc1ccc(C2C(=O)C3CC4C(=O)C(c5cc(C(F)(F)F)cc(C(F)(F)F)c5)C(C#N)C4C(F)C3C2C#N)cc1C(F)(F)F. The number of rotatable bonds is 2. The number of carbonyl (C=O) groups excluding carboxylic acids is 2. The number of carbonyl (C=O) groups is 2. The number of fused-ring (bicyclic) bond motifs is 2. The van der Waals surface area contributed by atoms with Gasteiger partial charge in [-0.2, -0.15) is 55.3 Å².